The highest BCUT2D eigenvalue weighted by Gasteiger charge is 2.39. The molecule has 0 aromatic rings. The molecule has 1 heterocycles. The van der Waals surface area contributed by atoms with Crippen molar-refractivity contribution < 1.29 is 28.8 Å². The van der Waals surface area contributed by atoms with Gasteiger partial charge in [0, 0.05) is 20.9 Å². The molecule has 1 aliphatic heterocycles. The molecule has 0 aromatic heterocycles. The van der Waals surface area contributed by atoms with Gasteiger partial charge in [0.05, 0.1) is 6.61 Å². The van der Waals surface area contributed by atoms with E-state index < -0.39 is 37.5 Å². The van der Waals surface area contributed by atoms with Crippen LogP contribution in [0.15, 0.2) is 0 Å². The number of imide groups is 1. The largest absolute Gasteiger partial charge is 0.450 e. The highest BCUT2D eigenvalue weighted by Crippen LogP contribution is 2.15. The van der Waals surface area contributed by atoms with Crippen molar-refractivity contribution in [1.29, 1.82) is 0 Å². The minimum atomic E-state index is -1.43. The Kier molecular flexibility index (Phi) is 5.92. The fourth-order valence-electron chi connectivity index (χ4n) is 1.65. The lowest BCUT2D eigenvalue weighted by molar-refractivity contribution is -0.201. The van der Waals surface area contributed by atoms with Crippen LogP contribution in [0.4, 0.5) is 4.79 Å². The summed E-state index contributed by atoms with van der Waals surface area (Å²) in [5.74, 6) is -2.06. The minimum absolute atomic E-state index is 0.0126. The molecule has 9 heteroatoms. The lowest BCUT2D eigenvalue weighted by Crippen LogP contribution is -2.53. The van der Waals surface area contributed by atoms with E-state index in [4.69, 9.17) is 9.57 Å². The van der Waals surface area contributed by atoms with Gasteiger partial charge in [0.25, 0.3) is 11.8 Å². The van der Waals surface area contributed by atoms with Crippen LogP contribution in [0.25, 0.3) is 0 Å². The quantitative estimate of drug-likeness (QED) is 0.578. The predicted octanol–water partition coefficient (Wildman–Crippen LogP) is 1.44. The zero-order chi connectivity index (χ0) is 17.8. The Morgan fingerprint density at radius 1 is 1.17 bits per heavy atom. The van der Waals surface area contributed by atoms with Crippen molar-refractivity contribution in [3.8, 4) is 0 Å². The SMILES string of the molecule is CC(C)(NC(=O)OCC[Si](C)(C)C)C(=O)ON1C(=O)CCC1=O. The van der Waals surface area contributed by atoms with E-state index >= 15 is 0 Å². The lowest BCUT2D eigenvalue weighted by atomic mass is 10.1. The van der Waals surface area contributed by atoms with Crippen molar-refractivity contribution in [2.24, 2.45) is 0 Å². The number of hydroxylamine groups is 2. The molecule has 8 nitrogen and oxygen atoms in total. The average Bonchev–Trinajstić information content (AvgIpc) is 2.68. The van der Waals surface area contributed by atoms with E-state index in [1.807, 2.05) is 0 Å². The molecule has 23 heavy (non-hydrogen) atoms. The molecule has 0 spiro atoms. The van der Waals surface area contributed by atoms with E-state index in [-0.39, 0.29) is 19.4 Å². The Balaban J connectivity index is 2.50. The summed E-state index contributed by atoms with van der Waals surface area (Å²) in [6.45, 7) is 9.54. The van der Waals surface area contributed by atoms with Crippen LogP contribution in [0, 0.1) is 0 Å². The van der Waals surface area contributed by atoms with E-state index in [9.17, 15) is 19.2 Å². The van der Waals surface area contributed by atoms with Crippen LogP contribution in [-0.2, 0) is 24.0 Å². The number of nitrogens with one attached hydrogen (secondary N) is 1. The first-order chi connectivity index (χ1) is 10.4. The first-order valence-electron chi connectivity index (χ1n) is 7.45. The topological polar surface area (TPSA) is 102 Å². The van der Waals surface area contributed by atoms with Gasteiger partial charge in [0.2, 0.25) is 0 Å². The summed E-state index contributed by atoms with van der Waals surface area (Å²) in [4.78, 5) is 51.4. The zero-order valence-corrected chi connectivity index (χ0v) is 15.2. The minimum Gasteiger partial charge on any atom is -0.450 e. The number of hydrogen-bond donors (Lipinski definition) is 1. The molecule has 0 atom stereocenters. The van der Waals surface area contributed by atoms with Crippen molar-refractivity contribution >= 4 is 32.0 Å². The molecule has 3 amide bonds. The summed E-state index contributed by atoms with van der Waals surface area (Å²) < 4.78 is 5.05. The van der Waals surface area contributed by atoms with Gasteiger partial charge in [-0.15, -0.1) is 5.06 Å². The normalized spacial score (nSPS) is 15.6. The van der Waals surface area contributed by atoms with Gasteiger partial charge in [-0.3, -0.25) is 9.59 Å². The van der Waals surface area contributed by atoms with E-state index in [0.717, 1.165) is 6.04 Å². The van der Waals surface area contributed by atoms with E-state index in [0.29, 0.717) is 5.06 Å². The summed E-state index contributed by atoms with van der Waals surface area (Å²) in [6, 6.07) is 0.808. The van der Waals surface area contributed by atoms with Gasteiger partial charge >= 0.3 is 12.1 Å². The second-order valence-corrected chi connectivity index (χ2v) is 12.8. The maximum absolute atomic E-state index is 12.0. The van der Waals surface area contributed by atoms with Crippen molar-refractivity contribution in [1.82, 2.24) is 10.4 Å². The number of rotatable bonds is 6. The molecule has 1 fully saturated rings. The monoisotopic (exact) mass is 344 g/mol. The second-order valence-electron chi connectivity index (χ2n) is 7.16. The number of alkyl carbamates (subject to hydrolysis) is 1. The van der Waals surface area contributed by atoms with Gasteiger partial charge in [-0.1, -0.05) is 19.6 Å². The van der Waals surface area contributed by atoms with Crippen LogP contribution in [0.2, 0.25) is 25.7 Å². The molecule has 0 radical (unpaired) electrons. The maximum Gasteiger partial charge on any atom is 0.408 e. The van der Waals surface area contributed by atoms with E-state index in [1.165, 1.54) is 13.8 Å². The number of hydrogen-bond acceptors (Lipinski definition) is 6. The molecule has 130 valence electrons. The Morgan fingerprint density at radius 3 is 2.17 bits per heavy atom. The molecule has 0 bridgehead atoms. The molecule has 1 N–H and O–H groups in total. The van der Waals surface area contributed by atoms with E-state index in [2.05, 4.69) is 25.0 Å². The van der Waals surface area contributed by atoms with Crippen molar-refractivity contribution in [3.05, 3.63) is 0 Å². The summed E-state index contributed by atoms with van der Waals surface area (Å²) in [7, 11) is -1.32. The zero-order valence-electron chi connectivity index (χ0n) is 14.2. The van der Waals surface area contributed by atoms with Gasteiger partial charge in [0.1, 0.15) is 5.54 Å². The number of carbonyl (C=O) groups is 4. The number of carbonyl (C=O) groups excluding carboxylic acids is 4. The van der Waals surface area contributed by atoms with Gasteiger partial charge in [0.15, 0.2) is 0 Å². The highest BCUT2D eigenvalue weighted by atomic mass is 28.3. The standard InChI is InChI=1S/C14H24N2O6Si/c1-14(2,15-13(20)21-8-9-23(3,4)5)12(19)22-16-10(17)6-7-11(16)18/h6-9H2,1-5H3,(H,15,20). The fourth-order valence-corrected chi connectivity index (χ4v) is 2.36. The summed E-state index contributed by atoms with van der Waals surface area (Å²) in [6.07, 6.45) is -0.721. The van der Waals surface area contributed by atoms with Crippen LogP contribution < -0.4 is 5.32 Å². The fraction of sp³-hybridized carbons (Fsp3) is 0.714. The summed E-state index contributed by atoms with van der Waals surface area (Å²) >= 11 is 0. The third-order valence-electron chi connectivity index (χ3n) is 3.19. The molecule has 0 unspecified atom stereocenters. The molecular weight excluding hydrogens is 320 g/mol. The van der Waals surface area contributed by atoms with Crippen LogP contribution in [-0.4, -0.2) is 49.2 Å². The molecule has 1 rings (SSSR count). The van der Waals surface area contributed by atoms with E-state index in [1.54, 1.807) is 0 Å². The third-order valence-corrected chi connectivity index (χ3v) is 4.89. The van der Waals surface area contributed by atoms with Gasteiger partial charge in [-0.2, -0.15) is 0 Å². The maximum atomic E-state index is 12.0. The molecule has 1 aliphatic rings. The van der Waals surface area contributed by atoms with Gasteiger partial charge in [-0.05, 0) is 19.9 Å². The first kappa shape index (κ1) is 19.1. The Labute approximate surface area is 136 Å². The smallest absolute Gasteiger partial charge is 0.408 e. The van der Waals surface area contributed by atoms with Gasteiger partial charge < -0.3 is 14.9 Å². The molecule has 0 saturated carbocycles. The molecular formula is C14H24N2O6Si. The number of ether oxygens (including phenoxy) is 1. The van der Waals surface area contributed by atoms with Crippen molar-refractivity contribution in [2.75, 3.05) is 6.61 Å². The molecule has 0 aromatic carbocycles. The van der Waals surface area contributed by atoms with Crippen LogP contribution in [0.1, 0.15) is 26.7 Å². The Bertz CT molecular complexity index is 496. The third kappa shape index (κ3) is 6.01. The Hall–Kier alpha value is -1.90. The molecule has 0 aliphatic carbocycles. The van der Waals surface area contributed by atoms with Crippen LogP contribution in [0.5, 0.6) is 0 Å². The summed E-state index contributed by atoms with van der Waals surface area (Å²) in [5, 5.41) is 2.82. The number of amides is 3. The second kappa shape index (κ2) is 7.11. The highest BCUT2D eigenvalue weighted by molar-refractivity contribution is 6.76. The predicted molar refractivity (Wildman–Crippen MR) is 83.9 cm³/mol. The van der Waals surface area contributed by atoms with Crippen molar-refractivity contribution in [2.45, 2.75) is 57.9 Å². The van der Waals surface area contributed by atoms with Gasteiger partial charge in [-0.25, -0.2) is 9.59 Å². The van der Waals surface area contributed by atoms with Crippen LogP contribution >= 0.6 is 0 Å². The van der Waals surface area contributed by atoms with Crippen LogP contribution in [0.3, 0.4) is 0 Å². The lowest BCUT2D eigenvalue weighted by Gasteiger charge is -2.25. The first-order valence-corrected chi connectivity index (χ1v) is 11.2. The van der Waals surface area contributed by atoms with Crippen molar-refractivity contribution in [3.63, 3.8) is 0 Å². The Morgan fingerprint density at radius 2 is 1.70 bits per heavy atom. The summed E-state index contributed by atoms with van der Waals surface area (Å²) in [5.41, 5.74) is -1.43. The number of nitrogens with zero attached hydrogens (tertiary/aromatic N) is 1. The average molecular weight is 344 g/mol. The molecule has 1 saturated heterocycles.